The van der Waals surface area contributed by atoms with Gasteiger partial charge in [0.1, 0.15) is 0 Å². The molecule has 0 unspecified atom stereocenters. The average Bonchev–Trinajstić information content (AvgIpc) is 2.57. The minimum absolute atomic E-state index is 0.604. The summed E-state index contributed by atoms with van der Waals surface area (Å²) in [6, 6.07) is 6.60. The second-order valence-electron chi connectivity index (χ2n) is 3.70. The summed E-state index contributed by atoms with van der Waals surface area (Å²) in [7, 11) is 2.14. The first-order valence-electron chi connectivity index (χ1n) is 5.02. The maximum absolute atomic E-state index is 5.42. The summed E-state index contributed by atoms with van der Waals surface area (Å²) in [5, 5.41) is 0. The predicted molar refractivity (Wildman–Crippen MR) is 61.5 cm³/mol. The Bertz CT molecular complexity index is 355. The van der Waals surface area contributed by atoms with E-state index in [0.29, 0.717) is 6.54 Å². The predicted octanol–water partition coefficient (Wildman–Crippen LogP) is 1.65. The molecule has 0 amide bonds. The molecule has 0 saturated heterocycles. The Balaban J connectivity index is 2.30. The average molecular weight is 188 g/mol. The van der Waals surface area contributed by atoms with E-state index in [-0.39, 0.29) is 0 Å². The zero-order valence-corrected chi connectivity index (χ0v) is 8.53. The first-order valence-corrected chi connectivity index (χ1v) is 5.02. The Morgan fingerprint density at radius 1 is 1.50 bits per heavy atom. The van der Waals surface area contributed by atoms with E-state index in [1.54, 1.807) is 0 Å². The van der Waals surface area contributed by atoms with Crippen LogP contribution in [0.5, 0.6) is 0 Å². The van der Waals surface area contributed by atoms with Gasteiger partial charge in [-0.05, 0) is 23.6 Å². The van der Waals surface area contributed by atoms with E-state index < -0.39 is 0 Å². The van der Waals surface area contributed by atoms with Crippen molar-refractivity contribution in [2.45, 2.75) is 6.42 Å². The fourth-order valence-corrected chi connectivity index (χ4v) is 1.86. The van der Waals surface area contributed by atoms with Gasteiger partial charge in [0.2, 0.25) is 0 Å². The Morgan fingerprint density at radius 3 is 3.14 bits per heavy atom. The molecule has 74 valence electrons. The van der Waals surface area contributed by atoms with Crippen molar-refractivity contribution >= 4 is 11.8 Å². The third-order valence-electron chi connectivity index (χ3n) is 2.68. The Kier molecular flexibility index (Phi) is 2.55. The van der Waals surface area contributed by atoms with Gasteiger partial charge in [0.25, 0.3) is 0 Å². The zero-order valence-electron chi connectivity index (χ0n) is 8.53. The number of likely N-dealkylation sites (N-methyl/N-ethyl adjacent to an activating group) is 1. The highest BCUT2D eigenvalue weighted by Gasteiger charge is 2.14. The number of nitrogens with zero attached hydrogens (tertiary/aromatic N) is 1. The lowest BCUT2D eigenvalue weighted by atomic mass is 10.1. The molecule has 1 heterocycles. The van der Waals surface area contributed by atoms with E-state index in [2.05, 4.69) is 36.2 Å². The van der Waals surface area contributed by atoms with Crippen molar-refractivity contribution in [3.63, 3.8) is 0 Å². The quantitative estimate of drug-likeness (QED) is 0.764. The summed E-state index contributed by atoms with van der Waals surface area (Å²) >= 11 is 0. The normalized spacial score (nSPS) is 15.1. The van der Waals surface area contributed by atoms with Crippen molar-refractivity contribution in [1.29, 1.82) is 0 Å². The molecule has 1 aromatic rings. The molecule has 0 saturated carbocycles. The van der Waals surface area contributed by atoms with Crippen molar-refractivity contribution in [3.05, 3.63) is 35.4 Å². The van der Waals surface area contributed by atoms with E-state index in [1.807, 2.05) is 6.08 Å². The van der Waals surface area contributed by atoms with Crippen LogP contribution in [0.2, 0.25) is 0 Å². The van der Waals surface area contributed by atoms with Crippen molar-refractivity contribution < 1.29 is 0 Å². The molecule has 1 aliphatic heterocycles. The number of benzene rings is 1. The van der Waals surface area contributed by atoms with Crippen LogP contribution in [0.4, 0.5) is 5.69 Å². The number of hydrogen-bond acceptors (Lipinski definition) is 2. The summed E-state index contributed by atoms with van der Waals surface area (Å²) in [4.78, 5) is 2.30. The van der Waals surface area contributed by atoms with Gasteiger partial charge in [0.15, 0.2) is 0 Å². The minimum atomic E-state index is 0.604. The zero-order chi connectivity index (χ0) is 9.97. The minimum Gasteiger partial charge on any atom is -0.374 e. The summed E-state index contributed by atoms with van der Waals surface area (Å²) in [6.07, 6.45) is 5.23. The molecule has 0 fully saturated rings. The van der Waals surface area contributed by atoms with E-state index in [4.69, 9.17) is 5.73 Å². The smallest absolute Gasteiger partial charge is 0.0402 e. The molecule has 0 aliphatic carbocycles. The van der Waals surface area contributed by atoms with Crippen LogP contribution in [0, 0.1) is 0 Å². The van der Waals surface area contributed by atoms with Crippen LogP contribution in [0.3, 0.4) is 0 Å². The molecular weight excluding hydrogens is 172 g/mol. The van der Waals surface area contributed by atoms with Gasteiger partial charge in [0, 0.05) is 25.8 Å². The molecule has 2 N–H and O–H groups in total. The molecule has 14 heavy (non-hydrogen) atoms. The van der Waals surface area contributed by atoms with Crippen molar-refractivity contribution in [2.24, 2.45) is 5.73 Å². The lowest BCUT2D eigenvalue weighted by Gasteiger charge is -2.11. The topological polar surface area (TPSA) is 29.3 Å². The standard InChI is InChI=1S/C12H16N2/c1-14-8-6-11-5-4-10(3-2-7-13)9-12(11)14/h2-5,9H,6-8,13H2,1H3/b3-2+. The number of rotatable bonds is 2. The fourth-order valence-electron chi connectivity index (χ4n) is 1.86. The van der Waals surface area contributed by atoms with Crippen LogP contribution < -0.4 is 10.6 Å². The maximum Gasteiger partial charge on any atom is 0.0402 e. The monoisotopic (exact) mass is 188 g/mol. The van der Waals surface area contributed by atoms with E-state index >= 15 is 0 Å². The summed E-state index contributed by atoms with van der Waals surface area (Å²) < 4.78 is 0. The molecular formula is C12H16N2. The number of nitrogens with two attached hydrogens (primary N) is 1. The molecule has 0 bridgehead atoms. The van der Waals surface area contributed by atoms with Crippen molar-refractivity contribution in [2.75, 3.05) is 25.0 Å². The van der Waals surface area contributed by atoms with Gasteiger partial charge < -0.3 is 10.6 Å². The van der Waals surface area contributed by atoms with Gasteiger partial charge in [-0.25, -0.2) is 0 Å². The van der Waals surface area contributed by atoms with E-state index in [1.165, 1.54) is 23.2 Å². The number of hydrogen-bond donors (Lipinski definition) is 1. The summed E-state index contributed by atoms with van der Waals surface area (Å²) in [5.41, 5.74) is 9.48. The maximum atomic E-state index is 5.42. The van der Waals surface area contributed by atoms with Crippen molar-refractivity contribution in [1.82, 2.24) is 0 Å². The SMILES string of the molecule is CN1CCc2ccc(/C=C/CN)cc21. The highest BCUT2D eigenvalue weighted by Crippen LogP contribution is 2.27. The fraction of sp³-hybridized carbons (Fsp3) is 0.333. The van der Waals surface area contributed by atoms with Gasteiger partial charge in [-0.2, -0.15) is 0 Å². The number of anilines is 1. The van der Waals surface area contributed by atoms with Crippen LogP contribution in [-0.2, 0) is 6.42 Å². The van der Waals surface area contributed by atoms with Gasteiger partial charge in [-0.1, -0.05) is 24.3 Å². The van der Waals surface area contributed by atoms with E-state index in [0.717, 1.165) is 6.54 Å². The Morgan fingerprint density at radius 2 is 2.36 bits per heavy atom. The highest BCUT2D eigenvalue weighted by atomic mass is 15.1. The molecule has 1 aliphatic rings. The molecule has 0 spiro atoms. The first kappa shape index (κ1) is 9.28. The highest BCUT2D eigenvalue weighted by molar-refractivity contribution is 5.64. The summed E-state index contributed by atoms with van der Waals surface area (Å²) in [5.74, 6) is 0. The first-order chi connectivity index (χ1) is 6.81. The summed E-state index contributed by atoms with van der Waals surface area (Å²) in [6.45, 7) is 1.74. The van der Waals surface area contributed by atoms with Crippen LogP contribution in [0.25, 0.3) is 6.08 Å². The Hall–Kier alpha value is -1.28. The molecule has 2 nitrogen and oxygen atoms in total. The molecule has 2 rings (SSSR count). The molecule has 0 atom stereocenters. The van der Waals surface area contributed by atoms with Crippen LogP contribution in [0.15, 0.2) is 24.3 Å². The van der Waals surface area contributed by atoms with Crippen LogP contribution >= 0.6 is 0 Å². The second kappa shape index (κ2) is 3.84. The van der Waals surface area contributed by atoms with E-state index in [9.17, 15) is 0 Å². The lowest BCUT2D eigenvalue weighted by Crippen LogP contribution is -2.12. The third kappa shape index (κ3) is 1.66. The molecule has 1 aromatic carbocycles. The van der Waals surface area contributed by atoms with Crippen LogP contribution in [-0.4, -0.2) is 20.1 Å². The van der Waals surface area contributed by atoms with Gasteiger partial charge in [-0.15, -0.1) is 0 Å². The largest absolute Gasteiger partial charge is 0.374 e. The van der Waals surface area contributed by atoms with Gasteiger partial charge in [-0.3, -0.25) is 0 Å². The number of fused-ring (bicyclic) bond motifs is 1. The Labute approximate surface area is 85.0 Å². The van der Waals surface area contributed by atoms with Gasteiger partial charge >= 0.3 is 0 Å². The molecule has 0 aromatic heterocycles. The third-order valence-corrected chi connectivity index (χ3v) is 2.68. The van der Waals surface area contributed by atoms with Gasteiger partial charge in [0.05, 0.1) is 0 Å². The van der Waals surface area contributed by atoms with Crippen LogP contribution in [0.1, 0.15) is 11.1 Å². The second-order valence-corrected chi connectivity index (χ2v) is 3.70. The molecule has 0 radical (unpaired) electrons. The molecule has 2 heteroatoms. The lowest BCUT2D eigenvalue weighted by molar-refractivity contribution is 0.956. The van der Waals surface area contributed by atoms with Crippen molar-refractivity contribution in [3.8, 4) is 0 Å².